The second-order valence-corrected chi connectivity index (χ2v) is 6.43. The van der Waals surface area contributed by atoms with Gasteiger partial charge >= 0.3 is 0 Å². The molecule has 5 nitrogen and oxygen atoms in total. The van der Waals surface area contributed by atoms with Gasteiger partial charge in [0, 0.05) is 18.2 Å². The number of ether oxygens (including phenoxy) is 2. The van der Waals surface area contributed by atoms with Crippen LogP contribution >= 0.6 is 0 Å². The summed E-state index contributed by atoms with van der Waals surface area (Å²) in [4.78, 5) is 12.9. The molecule has 28 heavy (non-hydrogen) atoms. The van der Waals surface area contributed by atoms with Crippen molar-refractivity contribution in [1.29, 1.82) is 0 Å². The summed E-state index contributed by atoms with van der Waals surface area (Å²) in [6.45, 7) is 1.42. The minimum Gasteiger partial charge on any atom is -0.497 e. The summed E-state index contributed by atoms with van der Waals surface area (Å²) < 4.78 is 12.3. The normalized spacial score (nSPS) is 10.6. The Kier molecular flexibility index (Phi) is 6.36. The van der Waals surface area contributed by atoms with Gasteiger partial charge in [-0.3, -0.25) is 9.36 Å². The molecule has 0 unspecified atom stereocenters. The Balaban J connectivity index is 1.78. The van der Waals surface area contributed by atoms with E-state index < -0.39 is 0 Å². The highest BCUT2D eigenvalue weighted by Gasteiger charge is 2.10. The van der Waals surface area contributed by atoms with Gasteiger partial charge in [-0.15, -0.1) is 6.42 Å². The lowest BCUT2D eigenvalue weighted by Gasteiger charge is -2.13. The number of para-hydroxylation sites is 1. The molecule has 2 aromatic carbocycles. The molecular formula is C23H24N2O3. The molecule has 3 aromatic rings. The van der Waals surface area contributed by atoms with Crippen molar-refractivity contribution in [2.75, 3.05) is 20.8 Å². The van der Waals surface area contributed by atoms with Crippen LogP contribution in [0.3, 0.4) is 0 Å². The average Bonchev–Trinajstić information content (AvgIpc) is 2.73. The highest BCUT2D eigenvalue weighted by atomic mass is 16.5. The molecule has 1 N–H and O–H groups in total. The van der Waals surface area contributed by atoms with Crippen molar-refractivity contribution in [1.82, 2.24) is 9.88 Å². The molecule has 0 saturated heterocycles. The molecule has 5 heteroatoms. The third kappa shape index (κ3) is 4.19. The number of pyridine rings is 1. The summed E-state index contributed by atoms with van der Waals surface area (Å²) in [5, 5.41) is 4.31. The van der Waals surface area contributed by atoms with Crippen LogP contribution in [0.15, 0.2) is 53.3 Å². The zero-order valence-corrected chi connectivity index (χ0v) is 16.2. The number of nitrogens with zero attached hydrogens (tertiary/aromatic N) is 1. The van der Waals surface area contributed by atoms with E-state index >= 15 is 0 Å². The van der Waals surface area contributed by atoms with E-state index in [1.165, 1.54) is 0 Å². The van der Waals surface area contributed by atoms with Gasteiger partial charge in [-0.1, -0.05) is 24.1 Å². The van der Waals surface area contributed by atoms with Crippen molar-refractivity contribution in [2.45, 2.75) is 19.5 Å². The van der Waals surface area contributed by atoms with Gasteiger partial charge in [0.2, 0.25) is 0 Å². The molecule has 0 aliphatic carbocycles. The first-order valence-electron chi connectivity index (χ1n) is 9.14. The number of aromatic nitrogens is 1. The lowest BCUT2D eigenvalue weighted by atomic mass is 10.1. The standard InChI is InChI=1S/C23H24N2O3/c1-4-13-25-21-15-20(27-2)10-9-18(21)14-19(23(25)26)16-24-12-11-17-7-5-6-8-22(17)28-3/h1,5-10,14-15,24H,11-13,16H2,2-3H3. The van der Waals surface area contributed by atoms with Crippen LogP contribution in [0.25, 0.3) is 10.9 Å². The van der Waals surface area contributed by atoms with Crippen LogP contribution in [0.2, 0.25) is 0 Å². The molecule has 0 atom stereocenters. The molecule has 0 fully saturated rings. The lowest BCUT2D eigenvalue weighted by Crippen LogP contribution is -2.28. The predicted octanol–water partition coefficient (Wildman–Crippen LogP) is 2.98. The molecule has 0 saturated carbocycles. The second kappa shape index (κ2) is 9.12. The second-order valence-electron chi connectivity index (χ2n) is 6.43. The summed E-state index contributed by atoms with van der Waals surface area (Å²) in [6, 6.07) is 15.5. The maximum Gasteiger partial charge on any atom is 0.256 e. The summed E-state index contributed by atoms with van der Waals surface area (Å²) in [5.41, 5.74) is 2.52. The Morgan fingerprint density at radius 2 is 1.89 bits per heavy atom. The smallest absolute Gasteiger partial charge is 0.256 e. The zero-order chi connectivity index (χ0) is 19.9. The molecule has 1 heterocycles. The van der Waals surface area contributed by atoms with Gasteiger partial charge in [-0.25, -0.2) is 0 Å². The third-order valence-corrected chi connectivity index (χ3v) is 4.71. The number of methoxy groups -OCH3 is 2. The van der Waals surface area contributed by atoms with Gasteiger partial charge in [-0.2, -0.15) is 0 Å². The predicted molar refractivity (Wildman–Crippen MR) is 112 cm³/mol. The number of nitrogens with one attached hydrogen (secondary N) is 1. The molecular weight excluding hydrogens is 352 g/mol. The number of fused-ring (bicyclic) bond motifs is 1. The number of benzene rings is 2. The molecule has 1 aromatic heterocycles. The molecule has 0 radical (unpaired) electrons. The molecule has 0 spiro atoms. The first kappa shape index (κ1) is 19.5. The van der Waals surface area contributed by atoms with E-state index in [1.54, 1.807) is 18.8 Å². The number of rotatable bonds is 8. The summed E-state index contributed by atoms with van der Waals surface area (Å²) >= 11 is 0. The highest BCUT2D eigenvalue weighted by Crippen LogP contribution is 2.21. The van der Waals surface area contributed by atoms with E-state index in [-0.39, 0.29) is 12.1 Å². The van der Waals surface area contributed by atoms with E-state index in [2.05, 4.69) is 11.2 Å². The van der Waals surface area contributed by atoms with Gasteiger partial charge in [0.15, 0.2) is 0 Å². The van der Waals surface area contributed by atoms with Crippen LogP contribution in [-0.2, 0) is 19.5 Å². The van der Waals surface area contributed by atoms with E-state index in [4.69, 9.17) is 15.9 Å². The van der Waals surface area contributed by atoms with Crippen molar-refractivity contribution in [2.24, 2.45) is 0 Å². The summed E-state index contributed by atoms with van der Waals surface area (Å²) in [6.07, 6.45) is 6.30. The molecule has 0 aliphatic heterocycles. The van der Waals surface area contributed by atoms with Crippen LogP contribution in [0.1, 0.15) is 11.1 Å². The quantitative estimate of drug-likeness (QED) is 0.485. The minimum atomic E-state index is -0.0801. The van der Waals surface area contributed by atoms with Gasteiger partial charge in [-0.05, 0) is 48.2 Å². The number of terminal acetylenes is 1. The SMILES string of the molecule is C#CCn1c(=O)c(CNCCc2ccccc2OC)cc2ccc(OC)cc21. The Bertz CT molecular complexity index is 1060. The lowest BCUT2D eigenvalue weighted by molar-refractivity contribution is 0.409. The Labute approximate surface area is 164 Å². The monoisotopic (exact) mass is 376 g/mol. The molecule has 0 aliphatic rings. The van der Waals surface area contributed by atoms with Crippen LogP contribution < -0.4 is 20.3 Å². The summed E-state index contributed by atoms with van der Waals surface area (Å²) in [7, 11) is 3.27. The van der Waals surface area contributed by atoms with E-state index in [1.807, 2.05) is 48.5 Å². The minimum absolute atomic E-state index is 0.0801. The van der Waals surface area contributed by atoms with Crippen molar-refractivity contribution >= 4 is 10.9 Å². The van der Waals surface area contributed by atoms with Gasteiger partial charge in [0.25, 0.3) is 5.56 Å². The van der Waals surface area contributed by atoms with Gasteiger partial charge in [0.1, 0.15) is 11.5 Å². The Hall–Kier alpha value is -3.23. The van der Waals surface area contributed by atoms with Gasteiger partial charge in [0.05, 0.1) is 26.3 Å². The zero-order valence-electron chi connectivity index (χ0n) is 16.2. The van der Waals surface area contributed by atoms with Crippen LogP contribution in [0.4, 0.5) is 0 Å². The Morgan fingerprint density at radius 3 is 2.64 bits per heavy atom. The van der Waals surface area contributed by atoms with E-state index in [9.17, 15) is 4.79 Å². The summed E-state index contributed by atoms with van der Waals surface area (Å²) in [5.74, 6) is 4.14. The van der Waals surface area contributed by atoms with Crippen LogP contribution in [-0.4, -0.2) is 25.3 Å². The maximum atomic E-state index is 12.9. The fourth-order valence-electron chi connectivity index (χ4n) is 3.27. The first-order valence-corrected chi connectivity index (χ1v) is 9.14. The van der Waals surface area contributed by atoms with Crippen molar-refractivity contribution in [3.05, 3.63) is 70.0 Å². The fraction of sp³-hybridized carbons (Fsp3) is 0.261. The maximum absolute atomic E-state index is 12.9. The Morgan fingerprint density at radius 1 is 1.07 bits per heavy atom. The third-order valence-electron chi connectivity index (χ3n) is 4.71. The topological polar surface area (TPSA) is 52.5 Å². The van der Waals surface area contributed by atoms with E-state index in [0.717, 1.165) is 35.2 Å². The molecule has 0 amide bonds. The van der Waals surface area contributed by atoms with Crippen molar-refractivity contribution in [3.8, 4) is 23.8 Å². The largest absolute Gasteiger partial charge is 0.497 e. The van der Waals surface area contributed by atoms with E-state index in [0.29, 0.717) is 17.9 Å². The average molecular weight is 376 g/mol. The van der Waals surface area contributed by atoms with Gasteiger partial charge < -0.3 is 14.8 Å². The molecule has 144 valence electrons. The van der Waals surface area contributed by atoms with Crippen LogP contribution in [0.5, 0.6) is 11.5 Å². The fourth-order valence-corrected chi connectivity index (χ4v) is 3.27. The molecule has 3 rings (SSSR count). The first-order chi connectivity index (χ1) is 13.7. The number of hydrogen-bond acceptors (Lipinski definition) is 4. The highest BCUT2D eigenvalue weighted by molar-refractivity contribution is 5.81. The number of hydrogen-bond donors (Lipinski definition) is 1. The van der Waals surface area contributed by atoms with Crippen molar-refractivity contribution in [3.63, 3.8) is 0 Å². The molecule has 0 bridgehead atoms. The van der Waals surface area contributed by atoms with Crippen LogP contribution in [0, 0.1) is 12.3 Å². The van der Waals surface area contributed by atoms with Crippen molar-refractivity contribution < 1.29 is 9.47 Å².